The third kappa shape index (κ3) is 2.64. The topological polar surface area (TPSA) is 78.9 Å². The smallest absolute Gasteiger partial charge is 0.323 e. The lowest BCUT2D eigenvalue weighted by Gasteiger charge is -2.44. The minimum atomic E-state index is -1.61. The van der Waals surface area contributed by atoms with E-state index in [1.54, 1.807) is 42.5 Å². The molecule has 0 bridgehead atoms. The summed E-state index contributed by atoms with van der Waals surface area (Å²) < 4.78 is 20.1. The zero-order valence-corrected chi connectivity index (χ0v) is 16.7. The first-order valence-electron chi connectivity index (χ1n) is 9.15. The second-order valence-corrected chi connectivity index (χ2v) is 7.98. The van der Waals surface area contributed by atoms with Crippen LogP contribution in [0.1, 0.15) is 24.5 Å². The summed E-state index contributed by atoms with van der Waals surface area (Å²) >= 11 is 6.25. The number of carbonyl (C=O) groups is 2. The molecule has 2 N–H and O–H groups in total. The molecule has 2 aliphatic rings. The van der Waals surface area contributed by atoms with Crippen LogP contribution >= 0.6 is 11.6 Å². The summed E-state index contributed by atoms with van der Waals surface area (Å²) in [6, 6.07) is 11.8. The monoisotopic (exact) mass is 418 g/mol. The molecule has 2 heterocycles. The van der Waals surface area contributed by atoms with Gasteiger partial charge in [-0.3, -0.25) is 14.5 Å². The Morgan fingerprint density at radius 1 is 1.31 bits per heavy atom. The van der Waals surface area contributed by atoms with Gasteiger partial charge in [-0.15, -0.1) is 0 Å². The van der Waals surface area contributed by atoms with Crippen LogP contribution in [0.5, 0.6) is 5.75 Å². The highest BCUT2D eigenvalue weighted by Crippen LogP contribution is 2.53. The number of methoxy groups -OCH3 is 1. The van der Waals surface area contributed by atoms with Crippen molar-refractivity contribution < 1.29 is 23.8 Å². The van der Waals surface area contributed by atoms with Crippen LogP contribution in [-0.4, -0.2) is 47.2 Å². The second kappa shape index (κ2) is 6.71. The Morgan fingerprint density at radius 2 is 2.03 bits per heavy atom. The quantitative estimate of drug-likeness (QED) is 0.795. The standard InChI is InChI=1S/C21H20ClFN2O4/c1-20(19(27)28)10-13(23)11-25(20)21(14-5-3-4-6-17(14)29-2)15-9-12(22)7-8-16(15)24-18(21)26/h3-9,13H,10-11H2,1-2H3,(H,24,26)(H,27,28)/t13-,20-,21?/m0/s1. The number of anilines is 1. The maximum atomic E-state index is 14.6. The lowest BCUT2D eigenvalue weighted by Crippen LogP contribution is -2.61. The fraction of sp³-hybridized carbons (Fsp3) is 0.333. The second-order valence-electron chi connectivity index (χ2n) is 7.55. The molecule has 0 radical (unpaired) electrons. The fourth-order valence-electron chi connectivity index (χ4n) is 4.60. The average molecular weight is 419 g/mol. The summed E-state index contributed by atoms with van der Waals surface area (Å²) in [5.74, 6) is -1.28. The number of fused-ring (bicyclic) bond motifs is 1. The van der Waals surface area contributed by atoms with Gasteiger partial charge < -0.3 is 15.2 Å². The number of rotatable bonds is 4. The van der Waals surface area contributed by atoms with Gasteiger partial charge in [0, 0.05) is 34.8 Å². The molecule has 1 amide bonds. The van der Waals surface area contributed by atoms with Crippen molar-refractivity contribution >= 4 is 29.2 Å². The van der Waals surface area contributed by atoms with Gasteiger partial charge in [0.2, 0.25) is 0 Å². The van der Waals surface area contributed by atoms with Gasteiger partial charge in [0.05, 0.1) is 7.11 Å². The molecule has 2 aliphatic heterocycles. The van der Waals surface area contributed by atoms with Crippen LogP contribution in [0.4, 0.5) is 10.1 Å². The van der Waals surface area contributed by atoms with Gasteiger partial charge in [0.15, 0.2) is 5.54 Å². The van der Waals surface area contributed by atoms with Crippen LogP contribution < -0.4 is 10.1 Å². The van der Waals surface area contributed by atoms with Crippen LogP contribution in [0.2, 0.25) is 5.02 Å². The number of likely N-dealkylation sites (tertiary alicyclic amines) is 1. The molecule has 0 aliphatic carbocycles. The Kier molecular flexibility index (Phi) is 4.55. The molecule has 6 nitrogen and oxygen atoms in total. The molecular weight excluding hydrogens is 399 g/mol. The molecule has 1 unspecified atom stereocenters. The van der Waals surface area contributed by atoms with Gasteiger partial charge in [-0.05, 0) is 31.2 Å². The van der Waals surface area contributed by atoms with E-state index in [0.717, 1.165) is 0 Å². The van der Waals surface area contributed by atoms with Gasteiger partial charge in [-0.2, -0.15) is 0 Å². The molecule has 29 heavy (non-hydrogen) atoms. The number of hydrogen-bond donors (Lipinski definition) is 2. The number of ether oxygens (including phenoxy) is 1. The van der Waals surface area contributed by atoms with Gasteiger partial charge in [-0.1, -0.05) is 29.8 Å². The third-order valence-corrected chi connectivity index (χ3v) is 6.14. The van der Waals surface area contributed by atoms with Crippen molar-refractivity contribution in [3.8, 4) is 5.75 Å². The summed E-state index contributed by atoms with van der Waals surface area (Å²) in [6.45, 7) is 1.22. The molecule has 1 saturated heterocycles. The molecule has 2 aromatic rings. The predicted molar refractivity (Wildman–Crippen MR) is 106 cm³/mol. The van der Waals surface area contributed by atoms with E-state index in [4.69, 9.17) is 16.3 Å². The Labute approximate surface area is 172 Å². The summed E-state index contributed by atoms with van der Waals surface area (Å²) in [5.41, 5.74) is -1.81. The highest BCUT2D eigenvalue weighted by Gasteiger charge is 2.63. The first-order chi connectivity index (χ1) is 13.7. The minimum Gasteiger partial charge on any atom is -0.496 e. The number of nitrogens with one attached hydrogen (secondary N) is 1. The number of alkyl halides is 1. The summed E-state index contributed by atoms with van der Waals surface area (Å²) in [7, 11) is 1.47. The van der Waals surface area contributed by atoms with Crippen molar-refractivity contribution in [2.24, 2.45) is 0 Å². The third-order valence-electron chi connectivity index (χ3n) is 5.91. The Hall–Kier alpha value is -2.64. The lowest BCUT2D eigenvalue weighted by atomic mass is 9.79. The number of amides is 1. The van der Waals surface area contributed by atoms with E-state index < -0.39 is 29.1 Å². The van der Waals surface area contributed by atoms with E-state index in [-0.39, 0.29) is 13.0 Å². The van der Waals surface area contributed by atoms with Gasteiger partial charge >= 0.3 is 5.97 Å². The molecule has 1 fully saturated rings. The van der Waals surface area contributed by atoms with Crippen molar-refractivity contribution in [3.63, 3.8) is 0 Å². The predicted octanol–water partition coefficient (Wildman–Crippen LogP) is 3.43. The number of carbonyl (C=O) groups excluding carboxylic acids is 1. The van der Waals surface area contributed by atoms with Crippen LogP contribution in [-0.2, 0) is 15.1 Å². The van der Waals surface area contributed by atoms with Crippen molar-refractivity contribution in [1.82, 2.24) is 4.90 Å². The first kappa shape index (κ1) is 19.7. The Bertz CT molecular complexity index is 1020. The zero-order valence-electron chi connectivity index (χ0n) is 15.9. The lowest BCUT2D eigenvalue weighted by molar-refractivity contribution is -0.153. The van der Waals surface area contributed by atoms with Crippen LogP contribution in [0.15, 0.2) is 42.5 Å². The normalized spacial score (nSPS) is 28.8. The molecule has 152 valence electrons. The zero-order chi connectivity index (χ0) is 21.0. The molecule has 0 saturated carbocycles. The SMILES string of the molecule is COc1ccccc1C1(N2C[C@@H](F)C[C@@]2(C)C(=O)O)C(=O)Nc2ccc(Cl)cc21. The summed E-state index contributed by atoms with van der Waals surface area (Å²) in [4.78, 5) is 27.3. The van der Waals surface area contributed by atoms with Crippen LogP contribution in [0.25, 0.3) is 0 Å². The molecule has 0 spiro atoms. The van der Waals surface area contributed by atoms with E-state index in [9.17, 15) is 19.1 Å². The summed E-state index contributed by atoms with van der Waals surface area (Å²) in [6.07, 6.45) is -1.64. The van der Waals surface area contributed by atoms with Crippen molar-refractivity contribution in [2.75, 3.05) is 19.0 Å². The van der Waals surface area contributed by atoms with Crippen molar-refractivity contribution in [2.45, 2.75) is 30.6 Å². The van der Waals surface area contributed by atoms with E-state index in [2.05, 4.69) is 5.32 Å². The van der Waals surface area contributed by atoms with Crippen LogP contribution in [0, 0.1) is 0 Å². The highest BCUT2D eigenvalue weighted by atomic mass is 35.5. The first-order valence-corrected chi connectivity index (χ1v) is 9.53. The van der Waals surface area contributed by atoms with Gasteiger partial charge in [-0.25, -0.2) is 4.39 Å². The molecular formula is C21H20ClFN2O4. The molecule has 0 aromatic heterocycles. The number of para-hydroxylation sites is 1. The summed E-state index contributed by atoms with van der Waals surface area (Å²) in [5, 5.41) is 13.2. The van der Waals surface area contributed by atoms with E-state index >= 15 is 0 Å². The number of benzene rings is 2. The van der Waals surface area contributed by atoms with Crippen molar-refractivity contribution in [3.05, 3.63) is 58.6 Å². The van der Waals surface area contributed by atoms with Gasteiger partial charge in [0.25, 0.3) is 5.91 Å². The van der Waals surface area contributed by atoms with Crippen molar-refractivity contribution in [1.29, 1.82) is 0 Å². The van der Waals surface area contributed by atoms with E-state index in [1.807, 2.05) is 0 Å². The Morgan fingerprint density at radius 3 is 2.72 bits per heavy atom. The van der Waals surface area contributed by atoms with E-state index in [0.29, 0.717) is 27.6 Å². The van der Waals surface area contributed by atoms with E-state index in [1.165, 1.54) is 18.9 Å². The number of nitrogens with zero attached hydrogens (tertiary/aromatic N) is 1. The minimum absolute atomic E-state index is 0.222. The maximum Gasteiger partial charge on any atom is 0.323 e. The Balaban J connectivity index is 2.10. The number of carboxylic acids is 1. The fourth-order valence-corrected chi connectivity index (χ4v) is 4.77. The maximum absolute atomic E-state index is 14.6. The molecule has 3 atom stereocenters. The molecule has 8 heteroatoms. The largest absolute Gasteiger partial charge is 0.496 e. The van der Waals surface area contributed by atoms with Crippen LogP contribution in [0.3, 0.4) is 0 Å². The molecule has 2 aromatic carbocycles. The highest BCUT2D eigenvalue weighted by molar-refractivity contribution is 6.31. The number of carboxylic acid groups (broad SMARTS) is 1. The molecule has 4 rings (SSSR count). The van der Waals surface area contributed by atoms with Gasteiger partial charge in [0.1, 0.15) is 17.5 Å². The number of halogens is 2. The number of aliphatic carboxylic acids is 1. The average Bonchev–Trinajstić information content (AvgIpc) is 3.15. The number of hydrogen-bond acceptors (Lipinski definition) is 4.